The Balaban J connectivity index is 1.27. The third-order valence-electron chi connectivity index (χ3n) is 8.11. The summed E-state index contributed by atoms with van der Waals surface area (Å²) in [5, 5.41) is 8.47. The van der Waals surface area contributed by atoms with Gasteiger partial charge in [-0.25, -0.2) is 0 Å². The summed E-state index contributed by atoms with van der Waals surface area (Å²) in [6.45, 7) is 0. The normalized spacial score (nSPS) is 12.0. The van der Waals surface area contributed by atoms with Gasteiger partial charge in [0.05, 0.1) is 5.52 Å². The van der Waals surface area contributed by atoms with Crippen LogP contribution in [0.5, 0.6) is 0 Å². The highest BCUT2D eigenvalue weighted by atomic mass is 32.1. The number of pyridine rings is 1. The Bertz CT molecular complexity index is 2450. The van der Waals surface area contributed by atoms with Crippen LogP contribution in [0.3, 0.4) is 0 Å². The maximum atomic E-state index is 6.10. The maximum absolute atomic E-state index is 6.10. The number of fused-ring (bicyclic) bond motifs is 9. The molecule has 3 heteroatoms. The second-order valence-electron chi connectivity index (χ2n) is 10.4. The van der Waals surface area contributed by atoms with Crippen LogP contribution in [0.1, 0.15) is 0 Å². The maximum Gasteiger partial charge on any atom is 0.135 e. The Labute approximate surface area is 233 Å². The largest absolute Gasteiger partial charge is 0.456 e. The lowest BCUT2D eigenvalue weighted by Crippen LogP contribution is -1.84. The van der Waals surface area contributed by atoms with E-state index in [-0.39, 0.29) is 0 Å². The molecule has 0 fully saturated rings. The van der Waals surface area contributed by atoms with Gasteiger partial charge in [0, 0.05) is 47.9 Å². The van der Waals surface area contributed by atoms with Gasteiger partial charge in [0.2, 0.25) is 0 Å². The van der Waals surface area contributed by atoms with Crippen LogP contribution in [0.15, 0.2) is 132 Å². The van der Waals surface area contributed by atoms with E-state index in [1.54, 1.807) is 0 Å². The van der Waals surface area contributed by atoms with Gasteiger partial charge in [-0.15, -0.1) is 11.3 Å². The van der Waals surface area contributed by atoms with Crippen molar-refractivity contribution >= 4 is 75.1 Å². The molecule has 0 spiro atoms. The van der Waals surface area contributed by atoms with Crippen LogP contribution < -0.4 is 0 Å². The predicted octanol–water partition coefficient (Wildman–Crippen LogP) is 11.0. The molecule has 186 valence electrons. The number of rotatable bonds is 2. The standard InChI is InChI=1S/C37H21NOS/c1-2-12-33-28(7-1)32-21-25(17-18-34(32)39-33)27-9-4-11-30-29-10-3-8-26(36(29)40-37(27)30)24-16-14-22-13-15-23-6-5-19-38-35(23)31(22)20-24/h1-21H. The fourth-order valence-corrected chi connectivity index (χ4v) is 7.57. The Morgan fingerprint density at radius 3 is 1.95 bits per heavy atom. The van der Waals surface area contributed by atoms with E-state index >= 15 is 0 Å². The van der Waals surface area contributed by atoms with Crippen molar-refractivity contribution in [2.24, 2.45) is 0 Å². The van der Waals surface area contributed by atoms with Crippen LogP contribution in [-0.2, 0) is 0 Å². The second kappa shape index (κ2) is 8.25. The van der Waals surface area contributed by atoms with Gasteiger partial charge in [-0.2, -0.15) is 0 Å². The smallest absolute Gasteiger partial charge is 0.135 e. The van der Waals surface area contributed by atoms with Gasteiger partial charge in [-0.3, -0.25) is 4.98 Å². The average Bonchev–Trinajstić information content (AvgIpc) is 3.59. The van der Waals surface area contributed by atoms with Crippen molar-refractivity contribution in [3.8, 4) is 22.3 Å². The van der Waals surface area contributed by atoms with Gasteiger partial charge in [0.25, 0.3) is 0 Å². The summed E-state index contributed by atoms with van der Waals surface area (Å²) in [5.74, 6) is 0. The van der Waals surface area contributed by atoms with Crippen molar-refractivity contribution in [3.05, 3.63) is 128 Å². The minimum atomic E-state index is 0.925. The lowest BCUT2D eigenvalue weighted by molar-refractivity contribution is 0.669. The van der Waals surface area contributed by atoms with Gasteiger partial charge in [-0.1, -0.05) is 91.0 Å². The van der Waals surface area contributed by atoms with Crippen molar-refractivity contribution in [1.29, 1.82) is 0 Å². The molecule has 0 bridgehead atoms. The van der Waals surface area contributed by atoms with Crippen molar-refractivity contribution in [2.75, 3.05) is 0 Å². The fraction of sp³-hybridized carbons (Fsp3) is 0. The SMILES string of the molecule is c1cnc2c(c1)ccc1ccc(-c3cccc4c3sc3c(-c5ccc6oc7ccccc7c6c5)cccc34)cc12. The van der Waals surface area contributed by atoms with E-state index in [1.165, 1.54) is 58.6 Å². The van der Waals surface area contributed by atoms with E-state index in [4.69, 9.17) is 9.40 Å². The number of benzene rings is 6. The molecule has 0 amide bonds. The third kappa shape index (κ3) is 3.13. The number of hydrogen-bond donors (Lipinski definition) is 0. The van der Waals surface area contributed by atoms with E-state index in [1.807, 2.05) is 35.7 Å². The number of hydrogen-bond acceptors (Lipinski definition) is 3. The molecular formula is C37H21NOS. The van der Waals surface area contributed by atoms with Crippen molar-refractivity contribution in [3.63, 3.8) is 0 Å². The van der Waals surface area contributed by atoms with Gasteiger partial charge in [0.1, 0.15) is 11.2 Å². The van der Waals surface area contributed by atoms with Crippen LogP contribution in [0.4, 0.5) is 0 Å². The van der Waals surface area contributed by atoms with E-state index < -0.39 is 0 Å². The quantitative estimate of drug-likeness (QED) is 0.209. The minimum absolute atomic E-state index is 0.925. The van der Waals surface area contributed by atoms with Crippen molar-refractivity contribution < 1.29 is 4.42 Å². The number of nitrogens with zero attached hydrogens (tertiary/aromatic N) is 1. The Morgan fingerprint density at radius 2 is 1.12 bits per heavy atom. The molecule has 0 aliphatic heterocycles. The van der Waals surface area contributed by atoms with E-state index in [0.717, 1.165) is 27.5 Å². The first-order valence-electron chi connectivity index (χ1n) is 13.5. The highest BCUT2D eigenvalue weighted by Gasteiger charge is 2.16. The Hall–Kier alpha value is -4.99. The molecule has 40 heavy (non-hydrogen) atoms. The summed E-state index contributed by atoms with van der Waals surface area (Å²) in [4.78, 5) is 4.72. The molecule has 9 rings (SSSR count). The number of thiophene rings is 1. The molecule has 2 nitrogen and oxygen atoms in total. The number of aromatic nitrogens is 1. The van der Waals surface area contributed by atoms with Crippen LogP contribution >= 0.6 is 11.3 Å². The molecule has 0 saturated carbocycles. The predicted molar refractivity (Wildman–Crippen MR) is 170 cm³/mol. The molecule has 0 radical (unpaired) electrons. The van der Waals surface area contributed by atoms with E-state index in [9.17, 15) is 0 Å². The first-order chi connectivity index (χ1) is 19.8. The topological polar surface area (TPSA) is 26.0 Å². The molecule has 0 unspecified atom stereocenters. The molecule has 0 aliphatic carbocycles. The highest BCUT2D eigenvalue weighted by Crippen LogP contribution is 2.45. The number of furan rings is 1. The summed E-state index contributed by atoms with van der Waals surface area (Å²) in [6.07, 6.45) is 1.88. The van der Waals surface area contributed by atoms with Crippen LogP contribution in [-0.4, -0.2) is 4.98 Å². The first kappa shape index (κ1) is 21.9. The molecule has 0 atom stereocenters. The monoisotopic (exact) mass is 527 g/mol. The van der Waals surface area contributed by atoms with Gasteiger partial charge >= 0.3 is 0 Å². The summed E-state index contributed by atoms with van der Waals surface area (Å²) in [5.41, 5.74) is 7.85. The molecular weight excluding hydrogens is 506 g/mol. The Kier molecular flexibility index (Phi) is 4.52. The summed E-state index contributed by atoms with van der Waals surface area (Å²) in [7, 11) is 0. The molecule has 0 aliphatic rings. The lowest BCUT2D eigenvalue weighted by Gasteiger charge is -2.08. The summed E-state index contributed by atoms with van der Waals surface area (Å²) in [6, 6.07) is 43.5. The second-order valence-corrected chi connectivity index (χ2v) is 11.4. The highest BCUT2D eigenvalue weighted by molar-refractivity contribution is 7.26. The number of para-hydroxylation sites is 1. The van der Waals surface area contributed by atoms with Crippen LogP contribution in [0, 0.1) is 0 Å². The molecule has 9 aromatic rings. The third-order valence-corrected chi connectivity index (χ3v) is 9.40. The van der Waals surface area contributed by atoms with Crippen molar-refractivity contribution in [1.82, 2.24) is 4.98 Å². The zero-order chi connectivity index (χ0) is 26.2. The Morgan fingerprint density at radius 1 is 0.475 bits per heavy atom. The lowest BCUT2D eigenvalue weighted by atomic mass is 9.97. The van der Waals surface area contributed by atoms with E-state index in [2.05, 4.69) is 103 Å². The summed E-state index contributed by atoms with van der Waals surface area (Å²) >= 11 is 1.89. The molecule has 3 heterocycles. The van der Waals surface area contributed by atoms with E-state index in [0.29, 0.717) is 0 Å². The first-order valence-corrected chi connectivity index (χ1v) is 14.3. The fourth-order valence-electron chi connectivity index (χ4n) is 6.20. The zero-order valence-corrected chi connectivity index (χ0v) is 22.2. The molecule has 6 aromatic carbocycles. The van der Waals surface area contributed by atoms with Gasteiger partial charge in [0.15, 0.2) is 0 Å². The van der Waals surface area contributed by atoms with Gasteiger partial charge < -0.3 is 4.42 Å². The zero-order valence-electron chi connectivity index (χ0n) is 21.4. The van der Waals surface area contributed by atoms with Crippen LogP contribution in [0.25, 0.3) is 86.0 Å². The van der Waals surface area contributed by atoms with Crippen LogP contribution in [0.2, 0.25) is 0 Å². The summed E-state index contributed by atoms with van der Waals surface area (Å²) < 4.78 is 8.72. The van der Waals surface area contributed by atoms with Crippen molar-refractivity contribution in [2.45, 2.75) is 0 Å². The minimum Gasteiger partial charge on any atom is -0.456 e. The average molecular weight is 528 g/mol. The molecule has 0 saturated heterocycles. The molecule has 3 aromatic heterocycles. The van der Waals surface area contributed by atoms with Gasteiger partial charge in [-0.05, 0) is 58.0 Å². The molecule has 0 N–H and O–H groups in total.